The van der Waals surface area contributed by atoms with Crippen LogP contribution >= 0.6 is 0 Å². The summed E-state index contributed by atoms with van der Waals surface area (Å²) in [7, 11) is 0. The predicted octanol–water partition coefficient (Wildman–Crippen LogP) is 1.86. The van der Waals surface area contributed by atoms with Gasteiger partial charge in [0.2, 0.25) is 0 Å². The fourth-order valence-electron chi connectivity index (χ4n) is 2.68. The maximum atomic E-state index is 4.29. The van der Waals surface area contributed by atoms with Gasteiger partial charge in [0.05, 0.1) is 28.3 Å². The van der Waals surface area contributed by atoms with Gasteiger partial charge in [-0.15, -0.1) is 10.2 Å². The number of hydrogen-bond donors (Lipinski definition) is 0. The number of aromatic nitrogens is 6. The molecular formula is C16H13N6+. The summed E-state index contributed by atoms with van der Waals surface area (Å²) >= 11 is 0. The minimum absolute atomic E-state index is 0.620. The van der Waals surface area contributed by atoms with Crippen LogP contribution in [0.2, 0.25) is 0 Å². The smallest absolute Gasteiger partial charge is 0.235 e. The normalized spacial score (nSPS) is 11.2. The number of hydrogen-bond acceptors (Lipinski definition) is 5. The van der Waals surface area contributed by atoms with Gasteiger partial charge in [-0.1, -0.05) is 0 Å². The molecule has 0 saturated carbocycles. The summed E-state index contributed by atoms with van der Waals surface area (Å²) in [6.07, 6.45) is 5.45. The van der Waals surface area contributed by atoms with Crippen molar-refractivity contribution in [2.45, 2.75) is 13.8 Å². The molecule has 4 rings (SSSR count). The van der Waals surface area contributed by atoms with Gasteiger partial charge in [0.1, 0.15) is 5.69 Å². The number of nitrogens with zero attached hydrogens (tertiary/aromatic N) is 6. The molecule has 0 spiro atoms. The minimum Gasteiger partial charge on any atom is -0.235 e. The molecule has 0 unspecified atom stereocenters. The lowest BCUT2D eigenvalue weighted by Crippen LogP contribution is -2.34. The van der Waals surface area contributed by atoms with E-state index in [1.807, 2.05) is 35.9 Å². The molecule has 0 saturated heterocycles. The van der Waals surface area contributed by atoms with Crippen LogP contribution in [0.15, 0.2) is 42.9 Å². The molecule has 0 aromatic carbocycles. The van der Waals surface area contributed by atoms with Gasteiger partial charge in [0.15, 0.2) is 11.3 Å². The van der Waals surface area contributed by atoms with Gasteiger partial charge in [-0.3, -0.25) is 0 Å². The zero-order chi connectivity index (χ0) is 15.1. The molecule has 4 heterocycles. The average Bonchev–Trinajstić information content (AvgIpc) is 2.54. The van der Waals surface area contributed by atoms with Crippen LogP contribution < -0.4 is 4.57 Å². The number of pyridine rings is 2. The molecule has 106 valence electrons. The molecule has 4 aromatic heterocycles. The van der Waals surface area contributed by atoms with Crippen molar-refractivity contribution in [3.8, 4) is 5.69 Å². The molecule has 0 amide bonds. The first-order chi connectivity index (χ1) is 10.7. The van der Waals surface area contributed by atoms with E-state index in [-0.39, 0.29) is 0 Å². The molecule has 0 atom stereocenters. The largest absolute Gasteiger partial charge is 0.363 e. The second-order valence-corrected chi connectivity index (χ2v) is 5.21. The number of fused-ring (bicyclic) bond motifs is 2. The highest BCUT2D eigenvalue weighted by Gasteiger charge is 2.19. The van der Waals surface area contributed by atoms with Gasteiger partial charge in [-0.2, -0.15) is 4.57 Å². The van der Waals surface area contributed by atoms with E-state index in [0.717, 1.165) is 33.4 Å². The molecule has 4 aromatic rings. The van der Waals surface area contributed by atoms with Crippen molar-refractivity contribution in [1.82, 2.24) is 25.4 Å². The Bertz CT molecular complexity index is 1010. The topological polar surface area (TPSA) is 68.3 Å². The Morgan fingerprint density at radius 1 is 1.00 bits per heavy atom. The van der Waals surface area contributed by atoms with E-state index in [2.05, 4.69) is 38.4 Å². The quantitative estimate of drug-likeness (QED) is 0.500. The van der Waals surface area contributed by atoms with Crippen molar-refractivity contribution in [1.29, 1.82) is 0 Å². The summed E-state index contributed by atoms with van der Waals surface area (Å²) in [5.74, 6) is 0. The van der Waals surface area contributed by atoms with Crippen molar-refractivity contribution in [3.63, 3.8) is 0 Å². The van der Waals surface area contributed by atoms with Crippen LogP contribution in [0.3, 0.4) is 0 Å². The SMILES string of the molecule is Cc1cc2ccnnc2[n+](-c2c(C)nnc3ncccc23)c1. The van der Waals surface area contributed by atoms with Crippen LogP contribution in [0.25, 0.3) is 27.8 Å². The highest BCUT2D eigenvalue weighted by molar-refractivity contribution is 5.83. The van der Waals surface area contributed by atoms with Gasteiger partial charge < -0.3 is 0 Å². The molecule has 0 N–H and O–H groups in total. The summed E-state index contributed by atoms with van der Waals surface area (Å²) in [5, 5.41) is 18.7. The van der Waals surface area contributed by atoms with E-state index >= 15 is 0 Å². The van der Waals surface area contributed by atoms with Gasteiger partial charge in [-0.05, 0) is 48.8 Å². The Hall–Kier alpha value is -3.02. The Labute approximate surface area is 126 Å². The van der Waals surface area contributed by atoms with Crippen LogP contribution in [0.5, 0.6) is 0 Å². The van der Waals surface area contributed by atoms with E-state index in [1.54, 1.807) is 12.4 Å². The molecule has 0 aliphatic rings. The molecule has 6 nitrogen and oxygen atoms in total. The van der Waals surface area contributed by atoms with Gasteiger partial charge >= 0.3 is 5.65 Å². The van der Waals surface area contributed by atoms with Crippen molar-refractivity contribution in [3.05, 3.63) is 54.1 Å². The molecule has 0 bridgehead atoms. The number of rotatable bonds is 1. The molecule has 6 heteroatoms. The average molecular weight is 289 g/mol. The van der Waals surface area contributed by atoms with E-state index in [4.69, 9.17) is 0 Å². The first kappa shape index (κ1) is 12.7. The summed E-state index contributed by atoms with van der Waals surface area (Å²) < 4.78 is 2.02. The van der Waals surface area contributed by atoms with E-state index in [0.29, 0.717) is 5.65 Å². The summed E-state index contributed by atoms with van der Waals surface area (Å²) in [6, 6.07) is 7.94. The lowest BCUT2D eigenvalue weighted by atomic mass is 10.2. The molecule has 0 aliphatic carbocycles. The van der Waals surface area contributed by atoms with Crippen LogP contribution in [0.4, 0.5) is 0 Å². The summed E-state index contributed by atoms with van der Waals surface area (Å²) in [4.78, 5) is 4.29. The Balaban J connectivity index is 2.18. The lowest BCUT2D eigenvalue weighted by molar-refractivity contribution is -0.569. The van der Waals surface area contributed by atoms with E-state index < -0.39 is 0 Å². The minimum atomic E-state index is 0.620. The zero-order valence-corrected chi connectivity index (χ0v) is 12.2. The second-order valence-electron chi connectivity index (χ2n) is 5.21. The number of aryl methyl sites for hydroxylation is 2. The fourth-order valence-corrected chi connectivity index (χ4v) is 2.68. The molecule has 0 radical (unpaired) electrons. The maximum absolute atomic E-state index is 4.29. The molecule has 22 heavy (non-hydrogen) atoms. The van der Waals surface area contributed by atoms with Crippen molar-refractivity contribution in [2.24, 2.45) is 0 Å². The van der Waals surface area contributed by atoms with Crippen LogP contribution in [-0.2, 0) is 0 Å². The fraction of sp³-hybridized carbons (Fsp3) is 0.125. The summed E-state index contributed by atoms with van der Waals surface area (Å²) in [6.45, 7) is 3.99. The first-order valence-electron chi connectivity index (χ1n) is 6.96. The lowest BCUT2D eigenvalue weighted by Gasteiger charge is -2.07. The highest BCUT2D eigenvalue weighted by atomic mass is 15.2. The van der Waals surface area contributed by atoms with Crippen molar-refractivity contribution < 1.29 is 4.57 Å². The molecular weight excluding hydrogens is 276 g/mol. The van der Waals surface area contributed by atoms with Crippen LogP contribution in [-0.4, -0.2) is 25.4 Å². The van der Waals surface area contributed by atoms with Gasteiger partial charge in [0.25, 0.3) is 0 Å². The Morgan fingerprint density at radius 2 is 1.91 bits per heavy atom. The predicted molar refractivity (Wildman–Crippen MR) is 81.4 cm³/mol. The van der Waals surface area contributed by atoms with Crippen molar-refractivity contribution >= 4 is 22.1 Å². The Kier molecular flexibility index (Phi) is 2.75. The monoisotopic (exact) mass is 289 g/mol. The second kappa shape index (κ2) is 4.77. The van der Waals surface area contributed by atoms with E-state index in [1.165, 1.54) is 0 Å². The third-order valence-corrected chi connectivity index (χ3v) is 3.60. The molecule has 0 fully saturated rings. The maximum Gasteiger partial charge on any atom is 0.363 e. The Morgan fingerprint density at radius 3 is 2.82 bits per heavy atom. The molecule has 0 aliphatic heterocycles. The summed E-state index contributed by atoms with van der Waals surface area (Å²) in [5.41, 5.74) is 4.30. The van der Waals surface area contributed by atoms with E-state index in [9.17, 15) is 0 Å². The van der Waals surface area contributed by atoms with Crippen LogP contribution in [0, 0.1) is 13.8 Å². The highest BCUT2D eigenvalue weighted by Crippen LogP contribution is 2.19. The third kappa shape index (κ3) is 1.88. The standard InChI is InChI=1S/C16H13N6/c1-10-8-12-5-7-18-21-16(12)22(9-10)14-11(2)19-20-15-13(14)4-3-6-17-15/h3-9H,1-2H3/q+1. The van der Waals surface area contributed by atoms with Gasteiger partial charge in [0, 0.05) is 6.20 Å². The van der Waals surface area contributed by atoms with Crippen molar-refractivity contribution in [2.75, 3.05) is 0 Å². The zero-order valence-electron chi connectivity index (χ0n) is 12.2. The van der Waals surface area contributed by atoms with Gasteiger partial charge in [-0.25, -0.2) is 4.98 Å². The third-order valence-electron chi connectivity index (χ3n) is 3.60. The first-order valence-corrected chi connectivity index (χ1v) is 6.96. The van der Waals surface area contributed by atoms with Crippen LogP contribution in [0.1, 0.15) is 11.3 Å².